The van der Waals surface area contributed by atoms with Gasteiger partial charge in [0.2, 0.25) is 6.10 Å². The molecule has 3 aromatic rings. The molecule has 2 N–H and O–H groups in total. The summed E-state index contributed by atoms with van der Waals surface area (Å²) >= 11 is 5.26. The van der Waals surface area contributed by atoms with Gasteiger partial charge in [-0.15, -0.1) is 0 Å². The van der Waals surface area contributed by atoms with Crippen molar-refractivity contribution in [2.75, 3.05) is 11.9 Å². The molecule has 4 rings (SSSR count). The van der Waals surface area contributed by atoms with Crippen LogP contribution >= 0.6 is 12.2 Å². The van der Waals surface area contributed by atoms with Crippen LogP contribution in [0.5, 0.6) is 17.2 Å². The predicted octanol–water partition coefficient (Wildman–Crippen LogP) is 3.92. The third-order valence-electron chi connectivity index (χ3n) is 4.38. The minimum atomic E-state index is -0.778. The highest BCUT2D eigenvalue weighted by Gasteiger charge is 2.27. The van der Waals surface area contributed by atoms with Crippen molar-refractivity contribution in [2.45, 2.75) is 12.7 Å². The van der Waals surface area contributed by atoms with Crippen LogP contribution in [0.4, 0.5) is 5.69 Å². The molecule has 1 aliphatic heterocycles. The van der Waals surface area contributed by atoms with E-state index in [0.717, 1.165) is 5.56 Å². The molecule has 0 aromatic heterocycles. The minimum Gasteiger partial charge on any atom is -0.489 e. The van der Waals surface area contributed by atoms with Gasteiger partial charge in [-0.05, 0) is 42.0 Å². The van der Waals surface area contributed by atoms with E-state index in [1.807, 2.05) is 66.7 Å². The first-order chi connectivity index (χ1) is 14.7. The highest BCUT2D eigenvalue weighted by Crippen LogP contribution is 2.30. The van der Waals surface area contributed by atoms with Crippen LogP contribution in [-0.2, 0) is 11.4 Å². The maximum Gasteiger partial charge on any atom is 0.270 e. The fraction of sp³-hybridized carbons (Fsp3) is 0.130. The number of rotatable bonds is 5. The Hall–Kier alpha value is -3.58. The molecule has 1 heterocycles. The van der Waals surface area contributed by atoms with Crippen molar-refractivity contribution in [3.63, 3.8) is 0 Å². The normalized spacial score (nSPS) is 14.5. The predicted molar refractivity (Wildman–Crippen MR) is 118 cm³/mol. The van der Waals surface area contributed by atoms with Crippen LogP contribution in [0.2, 0.25) is 0 Å². The van der Waals surface area contributed by atoms with E-state index >= 15 is 0 Å². The molecule has 1 atom stereocenters. The summed E-state index contributed by atoms with van der Waals surface area (Å²) in [5, 5.41) is 5.80. The Labute approximate surface area is 179 Å². The van der Waals surface area contributed by atoms with E-state index in [2.05, 4.69) is 10.6 Å². The van der Waals surface area contributed by atoms with Crippen LogP contribution in [0.1, 0.15) is 5.56 Å². The lowest BCUT2D eigenvalue weighted by atomic mass is 10.2. The summed E-state index contributed by atoms with van der Waals surface area (Å²) in [7, 11) is 0. The third kappa shape index (κ3) is 5.07. The number of fused-ring (bicyclic) bond motifs is 1. The Morgan fingerprint density at radius 2 is 1.77 bits per heavy atom. The number of hydrogen-bond acceptors (Lipinski definition) is 5. The second kappa shape index (κ2) is 9.28. The van der Waals surface area contributed by atoms with Gasteiger partial charge in [0, 0.05) is 11.8 Å². The number of thiocarbonyl (C=S) groups is 1. The van der Waals surface area contributed by atoms with Gasteiger partial charge >= 0.3 is 0 Å². The van der Waals surface area contributed by atoms with Crippen LogP contribution < -0.4 is 24.8 Å². The van der Waals surface area contributed by atoms with Crippen LogP contribution in [0.3, 0.4) is 0 Å². The van der Waals surface area contributed by atoms with Crippen molar-refractivity contribution in [1.29, 1.82) is 0 Å². The Kier molecular flexibility index (Phi) is 6.10. The van der Waals surface area contributed by atoms with Crippen LogP contribution in [0, 0.1) is 0 Å². The standard InChI is InChI=1S/C23H20N2O4S/c26-22(21-15-28-19-11-4-5-12-20(19)29-21)25-23(30)24-17-9-6-10-18(13-17)27-14-16-7-2-1-3-8-16/h1-13,21H,14-15H2,(H2,24,25,26,30). The topological polar surface area (TPSA) is 68.8 Å². The van der Waals surface area contributed by atoms with Crippen molar-refractivity contribution >= 4 is 28.9 Å². The molecule has 0 saturated heterocycles. The molecule has 1 amide bonds. The molecule has 3 aromatic carbocycles. The Balaban J connectivity index is 1.30. The summed E-state index contributed by atoms with van der Waals surface area (Å²) in [6.07, 6.45) is -0.778. The van der Waals surface area contributed by atoms with Crippen molar-refractivity contribution in [2.24, 2.45) is 0 Å². The molecule has 30 heavy (non-hydrogen) atoms. The maximum atomic E-state index is 12.5. The van der Waals surface area contributed by atoms with Crippen molar-refractivity contribution < 1.29 is 19.0 Å². The quantitative estimate of drug-likeness (QED) is 0.610. The fourth-order valence-electron chi connectivity index (χ4n) is 2.91. The van der Waals surface area contributed by atoms with E-state index in [1.54, 1.807) is 12.1 Å². The summed E-state index contributed by atoms with van der Waals surface area (Å²) in [6, 6.07) is 24.5. The lowest BCUT2D eigenvalue weighted by Gasteiger charge is -2.25. The average Bonchev–Trinajstić information content (AvgIpc) is 2.78. The van der Waals surface area contributed by atoms with Gasteiger partial charge in [-0.1, -0.05) is 48.5 Å². The number of amides is 1. The van der Waals surface area contributed by atoms with Crippen molar-refractivity contribution in [3.8, 4) is 17.2 Å². The molecule has 0 spiro atoms. The van der Waals surface area contributed by atoms with Gasteiger partial charge in [0.15, 0.2) is 16.6 Å². The van der Waals surface area contributed by atoms with Crippen molar-refractivity contribution in [1.82, 2.24) is 5.32 Å². The van der Waals surface area contributed by atoms with E-state index in [9.17, 15) is 4.79 Å². The van der Waals surface area contributed by atoms with E-state index in [4.69, 9.17) is 26.4 Å². The number of carbonyl (C=O) groups excluding carboxylic acids is 1. The minimum absolute atomic E-state index is 0.119. The molecular weight excluding hydrogens is 400 g/mol. The molecule has 1 aliphatic rings. The first-order valence-electron chi connectivity index (χ1n) is 9.44. The van der Waals surface area contributed by atoms with Crippen LogP contribution in [0.25, 0.3) is 0 Å². The maximum absolute atomic E-state index is 12.5. The fourth-order valence-corrected chi connectivity index (χ4v) is 3.13. The second-order valence-electron chi connectivity index (χ2n) is 6.61. The molecule has 0 radical (unpaired) electrons. The highest BCUT2D eigenvalue weighted by molar-refractivity contribution is 7.80. The molecule has 0 bridgehead atoms. The molecule has 0 aliphatic carbocycles. The Bertz CT molecular complexity index is 1040. The zero-order valence-corrected chi connectivity index (χ0v) is 16.9. The van der Waals surface area contributed by atoms with E-state index in [1.165, 1.54) is 0 Å². The number of para-hydroxylation sites is 2. The average molecular weight is 420 g/mol. The molecule has 6 nitrogen and oxygen atoms in total. The summed E-state index contributed by atoms with van der Waals surface area (Å²) in [6.45, 7) is 0.584. The number of anilines is 1. The monoisotopic (exact) mass is 420 g/mol. The van der Waals surface area contributed by atoms with E-state index < -0.39 is 6.10 Å². The van der Waals surface area contributed by atoms with E-state index in [-0.39, 0.29) is 17.6 Å². The third-order valence-corrected chi connectivity index (χ3v) is 4.58. The van der Waals surface area contributed by atoms with Crippen molar-refractivity contribution in [3.05, 3.63) is 84.4 Å². The molecule has 0 fully saturated rings. The van der Waals surface area contributed by atoms with Gasteiger partial charge in [0.25, 0.3) is 5.91 Å². The number of carbonyl (C=O) groups is 1. The number of benzene rings is 3. The zero-order chi connectivity index (χ0) is 20.8. The molecule has 7 heteroatoms. The number of ether oxygens (including phenoxy) is 3. The first-order valence-corrected chi connectivity index (χ1v) is 9.85. The van der Waals surface area contributed by atoms with Gasteiger partial charge in [-0.2, -0.15) is 0 Å². The molecule has 0 saturated carbocycles. The van der Waals surface area contributed by atoms with Crippen LogP contribution in [0.15, 0.2) is 78.9 Å². The smallest absolute Gasteiger partial charge is 0.270 e. The largest absolute Gasteiger partial charge is 0.489 e. The van der Waals surface area contributed by atoms with Gasteiger partial charge in [0.1, 0.15) is 19.0 Å². The van der Waals surface area contributed by atoms with Gasteiger partial charge in [-0.3, -0.25) is 10.1 Å². The molecule has 152 valence electrons. The zero-order valence-electron chi connectivity index (χ0n) is 16.0. The summed E-state index contributed by atoms with van der Waals surface area (Å²) in [4.78, 5) is 12.5. The van der Waals surface area contributed by atoms with E-state index in [0.29, 0.717) is 29.5 Å². The highest BCUT2D eigenvalue weighted by atomic mass is 32.1. The molecular formula is C23H20N2O4S. The Morgan fingerprint density at radius 1 is 1.00 bits per heavy atom. The Morgan fingerprint density at radius 3 is 2.60 bits per heavy atom. The van der Waals surface area contributed by atoms with Gasteiger partial charge in [-0.25, -0.2) is 0 Å². The number of hydrogen-bond donors (Lipinski definition) is 2. The van der Waals surface area contributed by atoms with Crippen LogP contribution in [-0.4, -0.2) is 23.7 Å². The van der Waals surface area contributed by atoms with Gasteiger partial charge < -0.3 is 19.5 Å². The summed E-state index contributed by atoms with van der Waals surface area (Å²) < 4.78 is 17.1. The number of nitrogens with one attached hydrogen (secondary N) is 2. The van der Waals surface area contributed by atoms with Gasteiger partial charge in [0.05, 0.1) is 0 Å². The lowest BCUT2D eigenvalue weighted by molar-refractivity contribution is -0.128. The SMILES string of the molecule is O=C(NC(=S)Nc1cccc(OCc2ccccc2)c1)C1COc2ccccc2O1. The second-order valence-corrected chi connectivity index (χ2v) is 7.02. The lowest BCUT2D eigenvalue weighted by Crippen LogP contribution is -2.47. The first kappa shape index (κ1) is 19.7. The summed E-state index contributed by atoms with van der Waals surface area (Å²) in [5.41, 5.74) is 1.78. The summed E-state index contributed by atoms with van der Waals surface area (Å²) in [5.74, 6) is 1.47. The molecule has 1 unspecified atom stereocenters.